The van der Waals surface area contributed by atoms with Crippen molar-refractivity contribution < 1.29 is 4.74 Å². The van der Waals surface area contributed by atoms with Crippen LogP contribution in [0.2, 0.25) is 0 Å². The summed E-state index contributed by atoms with van der Waals surface area (Å²) in [5.74, 6) is 0.832. The van der Waals surface area contributed by atoms with E-state index in [4.69, 9.17) is 4.74 Å². The number of fused-ring (bicyclic) bond motifs is 2. The first kappa shape index (κ1) is 16.8. The van der Waals surface area contributed by atoms with Gasteiger partial charge in [-0.1, -0.05) is 27.7 Å². The van der Waals surface area contributed by atoms with Crippen molar-refractivity contribution in [1.29, 1.82) is 5.26 Å². The number of hydrogen-bond acceptors (Lipinski definition) is 3. The molecule has 2 aliphatic rings. The van der Waals surface area contributed by atoms with Crippen molar-refractivity contribution in [3.63, 3.8) is 0 Å². The third-order valence-electron chi connectivity index (χ3n) is 6.67. The smallest absolute Gasteiger partial charge is 0.104 e. The molecule has 0 saturated heterocycles. The summed E-state index contributed by atoms with van der Waals surface area (Å²) in [5, 5.41) is 12.5. The molecule has 4 atom stereocenters. The fraction of sp³-hybridized carbons (Fsp3) is 0.944. The van der Waals surface area contributed by atoms with E-state index in [2.05, 4.69) is 32.2 Å². The van der Waals surface area contributed by atoms with Crippen molar-refractivity contribution in [3.05, 3.63) is 0 Å². The van der Waals surface area contributed by atoms with E-state index < -0.39 is 5.54 Å². The lowest BCUT2D eigenvalue weighted by Gasteiger charge is -2.39. The molecule has 0 amide bonds. The number of ether oxygens (including phenoxy) is 1. The van der Waals surface area contributed by atoms with E-state index in [1.807, 2.05) is 13.8 Å². The van der Waals surface area contributed by atoms with Gasteiger partial charge in [-0.15, -0.1) is 0 Å². The van der Waals surface area contributed by atoms with Crippen molar-refractivity contribution in [2.24, 2.45) is 16.7 Å². The first-order chi connectivity index (χ1) is 9.79. The van der Waals surface area contributed by atoms with E-state index in [0.717, 1.165) is 31.9 Å². The number of nitrogens with zero attached hydrogens (tertiary/aromatic N) is 1. The van der Waals surface area contributed by atoms with Crippen LogP contribution in [0.3, 0.4) is 0 Å². The third-order valence-corrected chi connectivity index (χ3v) is 6.67. The molecule has 0 aliphatic heterocycles. The van der Waals surface area contributed by atoms with Gasteiger partial charge in [-0.25, -0.2) is 0 Å². The van der Waals surface area contributed by atoms with Crippen molar-refractivity contribution in [3.8, 4) is 6.07 Å². The normalized spacial score (nSPS) is 36.4. The molecule has 0 aromatic heterocycles. The lowest BCUT2D eigenvalue weighted by Crippen LogP contribution is -2.41. The van der Waals surface area contributed by atoms with Gasteiger partial charge >= 0.3 is 0 Å². The Morgan fingerprint density at radius 1 is 1.38 bits per heavy atom. The fourth-order valence-electron chi connectivity index (χ4n) is 4.61. The number of rotatable bonds is 7. The Morgan fingerprint density at radius 2 is 2.10 bits per heavy atom. The van der Waals surface area contributed by atoms with Crippen LogP contribution in [-0.4, -0.2) is 24.8 Å². The maximum absolute atomic E-state index is 9.27. The van der Waals surface area contributed by atoms with Crippen LogP contribution >= 0.6 is 0 Å². The molecule has 2 aliphatic carbocycles. The summed E-state index contributed by atoms with van der Waals surface area (Å²) in [6.07, 6.45) is 6.13. The van der Waals surface area contributed by atoms with Gasteiger partial charge in [0.2, 0.25) is 0 Å². The number of hydrogen-bond donors (Lipinski definition) is 1. The molecule has 1 N–H and O–H groups in total. The molecule has 3 heteroatoms. The molecule has 2 fully saturated rings. The van der Waals surface area contributed by atoms with Crippen LogP contribution in [0.4, 0.5) is 0 Å². The highest BCUT2D eigenvalue weighted by molar-refractivity contribution is 5.11. The average molecular weight is 292 g/mol. The SMILES string of the molecule is CCNC(C)(C#N)CCCOC1CC2CCC1(C)C2(C)C. The van der Waals surface area contributed by atoms with E-state index in [0.29, 0.717) is 16.9 Å². The monoisotopic (exact) mass is 292 g/mol. The Bertz CT molecular complexity index is 414. The van der Waals surface area contributed by atoms with Gasteiger partial charge in [-0.3, -0.25) is 5.32 Å². The number of nitriles is 1. The van der Waals surface area contributed by atoms with Crippen LogP contribution in [0, 0.1) is 28.1 Å². The quantitative estimate of drug-likeness (QED) is 0.724. The van der Waals surface area contributed by atoms with Crippen molar-refractivity contribution in [2.75, 3.05) is 13.2 Å². The Balaban J connectivity index is 1.80. The minimum Gasteiger partial charge on any atom is -0.378 e. The lowest BCUT2D eigenvalue weighted by molar-refractivity contribution is -0.0482. The molecular weight excluding hydrogens is 260 g/mol. The predicted octanol–water partition coefficient (Wildman–Crippen LogP) is 3.89. The maximum Gasteiger partial charge on any atom is 0.104 e. The van der Waals surface area contributed by atoms with Crippen LogP contribution in [0.25, 0.3) is 0 Å². The predicted molar refractivity (Wildman–Crippen MR) is 85.9 cm³/mol. The largest absolute Gasteiger partial charge is 0.378 e. The topological polar surface area (TPSA) is 45.0 Å². The highest BCUT2D eigenvalue weighted by Gasteiger charge is 2.61. The summed E-state index contributed by atoms with van der Waals surface area (Å²) in [7, 11) is 0. The second kappa shape index (κ2) is 5.89. The molecule has 4 unspecified atom stereocenters. The summed E-state index contributed by atoms with van der Waals surface area (Å²) < 4.78 is 6.26. The summed E-state index contributed by atoms with van der Waals surface area (Å²) in [6, 6.07) is 2.39. The minimum atomic E-state index is -0.407. The Kier molecular flexibility index (Phi) is 4.71. The zero-order valence-electron chi connectivity index (χ0n) is 14.5. The molecule has 3 nitrogen and oxygen atoms in total. The van der Waals surface area contributed by atoms with E-state index in [9.17, 15) is 5.26 Å². The Hall–Kier alpha value is -0.590. The van der Waals surface area contributed by atoms with Gasteiger partial charge in [0.1, 0.15) is 5.54 Å². The zero-order valence-corrected chi connectivity index (χ0v) is 14.5. The summed E-state index contributed by atoms with van der Waals surface area (Å²) in [6.45, 7) is 12.9. The molecular formula is C18H32N2O. The maximum atomic E-state index is 9.27. The van der Waals surface area contributed by atoms with Gasteiger partial charge < -0.3 is 4.74 Å². The summed E-state index contributed by atoms with van der Waals surface area (Å²) in [4.78, 5) is 0. The second-order valence-corrected chi connectivity index (χ2v) is 8.05. The summed E-state index contributed by atoms with van der Waals surface area (Å²) >= 11 is 0. The van der Waals surface area contributed by atoms with Crippen molar-refractivity contribution in [2.45, 2.75) is 78.4 Å². The van der Waals surface area contributed by atoms with E-state index in [1.54, 1.807) is 0 Å². The van der Waals surface area contributed by atoms with Crippen LogP contribution in [0.1, 0.15) is 66.7 Å². The van der Waals surface area contributed by atoms with Gasteiger partial charge in [0.25, 0.3) is 0 Å². The van der Waals surface area contributed by atoms with Crippen LogP contribution in [-0.2, 0) is 4.74 Å². The molecule has 2 rings (SSSR count). The van der Waals surface area contributed by atoms with Gasteiger partial charge in [-0.2, -0.15) is 5.26 Å². The molecule has 2 saturated carbocycles. The second-order valence-electron chi connectivity index (χ2n) is 8.05. The molecule has 0 aromatic rings. The van der Waals surface area contributed by atoms with Gasteiger partial charge in [-0.05, 0) is 62.3 Å². The average Bonchev–Trinajstić information content (AvgIpc) is 2.77. The van der Waals surface area contributed by atoms with Crippen molar-refractivity contribution >= 4 is 0 Å². The molecule has 21 heavy (non-hydrogen) atoms. The van der Waals surface area contributed by atoms with Crippen molar-refractivity contribution in [1.82, 2.24) is 5.32 Å². The number of nitrogens with one attached hydrogen (secondary N) is 1. The first-order valence-corrected chi connectivity index (χ1v) is 8.57. The molecule has 0 radical (unpaired) electrons. The van der Waals surface area contributed by atoms with E-state index >= 15 is 0 Å². The molecule has 0 aromatic carbocycles. The van der Waals surface area contributed by atoms with Crippen LogP contribution in [0.15, 0.2) is 0 Å². The minimum absolute atomic E-state index is 0.345. The highest BCUT2D eigenvalue weighted by atomic mass is 16.5. The van der Waals surface area contributed by atoms with E-state index in [-0.39, 0.29) is 0 Å². The zero-order chi connectivity index (χ0) is 15.7. The molecule has 2 bridgehead atoms. The standard InChI is InChI=1S/C18H32N2O/c1-6-20-17(4,13-19)9-7-11-21-15-12-14-8-10-18(15,5)16(14,2)3/h14-15,20H,6-12H2,1-5H3. The van der Waals surface area contributed by atoms with E-state index in [1.165, 1.54) is 19.3 Å². The molecule has 0 heterocycles. The van der Waals surface area contributed by atoms with Gasteiger partial charge in [0.15, 0.2) is 0 Å². The van der Waals surface area contributed by atoms with Gasteiger partial charge in [0.05, 0.1) is 12.2 Å². The third kappa shape index (κ3) is 2.85. The van der Waals surface area contributed by atoms with Gasteiger partial charge in [0, 0.05) is 6.61 Å². The molecule has 0 spiro atoms. The Morgan fingerprint density at radius 3 is 2.57 bits per heavy atom. The molecule has 120 valence electrons. The Labute approximate surface area is 130 Å². The van der Waals surface area contributed by atoms with Crippen LogP contribution in [0.5, 0.6) is 0 Å². The summed E-state index contributed by atoms with van der Waals surface area (Å²) in [5.41, 5.74) is 0.358. The van der Waals surface area contributed by atoms with Crippen LogP contribution < -0.4 is 5.32 Å². The first-order valence-electron chi connectivity index (χ1n) is 8.57. The highest BCUT2D eigenvalue weighted by Crippen LogP contribution is 2.66. The fourth-order valence-corrected chi connectivity index (χ4v) is 4.61. The lowest BCUT2D eigenvalue weighted by atomic mass is 9.70.